The number of hydrogen-bond acceptors (Lipinski definition) is 4. The van der Waals surface area contributed by atoms with E-state index in [0.717, 1.165) is 48.5 Å². The Hall–Kier alpha value is -3.17. The van der Waals surface area contributed by atoms with E-state index in [1.54, 1.807) is 4.68 Å². The van der Waals surface area contributed by atoms with Crippen LogP contribution in [-0.4, -0.2) is 36.4 Å². The first-order valence-corrected chi connectivity index (χ1v) is 11.8. The Labute approximate surface area is 195 Å². The zero-order valence-corrected chi connectivity index (χ0v) is 19.0. The van der Waals surface area contributed by atoms with E-state index >= 15 is 0 Å². The van der Waals surface area contributed by atoms with E-state index in [0.29, 0.717) is 30.3 Å². The second-order valence-electron chi connectivity index (χ2n) is 8.97. The molecular weight excluding hydrogens is 445 g/mol. The average Bonchev–Trinajstić information content (AvgIpc) is 3.43. The molecule has 2 aromatic heterocycles. The van der Waals surface area contributed by atoms with Crippen molar-refractivity contribution in [3.8, 4) is 11.4 Å². The topological polar surface area (TPSA) is 77.6 Å². The van der Waals surface area contributed by atoms with E-state index in [2.05, 4.69) is 25.0 Å². The molecule has 0 unspecified atom stereocenters. The lowest BCUT2D eigenvalue weighted by Gasteiger charge is -2.24. The van der Waals surface area contributed by atoms with Gasteiger partial charge in [-0.2, -0.15) is 18.3 Å². The van der Waals surface area contributed by atoms with Gasteiger partial charge in [0.15, 0.2) is 5.82 Å². The number of alkyl halides is 3. The predicted molar refractivity (Wildman–Crippen MR) is 119 cm³/mol. The fourth-order valence-electron chi connectivity index (χ4n) is 4.78. The Morgan fingerprint density at radius 2 is 1.91 bits per heavy atom. The maximum atomic E-state index is 13.1. The molecule has 0 bridgehead atoms. The van der Waals surface area contributed by atoms with Crippen LogP contribution in [0.15, 0.2) is 24.3 Å². The number of halogens is 3. The summed E-state index contributed by atoms with van der Waals surface area (Å²) >= 11 is 0. The molecule has 7 nitrogen and oxygen atoms in total. The number of carbonyl (C=O) groups is 1. The van der Waals surface area contributed by atoms with Gasteiger partial charge in [-0.15, -0.1) is 0 Å². The molecule has 180 valence electrons. The van der Waals surface area contributed by atoms with Crippen LogP contribution in [0.3, 0.4) is 0 Å². The molecule has 1 amide bonds. The highest BCUT2D eigenvalue weighted by Crippen LogP contribution is 2.34. The van der Waals surface area contributed by atoms with Crippen LogP contribution < -0.4 is 5.32 Å². The van der Waals surface area contributed by atoms with Crippen molar-refractivity contribution in [2.24, 2.45) is 5.92 Å². The Bertz CT molecular complexity index is 1190. The Morgan fingerprint density at radius 1 is 1.12 bits per heavy atom. The minimum Gasteiger partial charge on any atom is -0.347 e. The van der Waals surface area contributed by atoms with Gasteiger partial charge in [-0.1, -0.05) is 31.2 Å². The maximum Gasteiger partial charge on any atom is 0.392 e. The third-order valence-corrected chi connectivity index (χ3v) is 6.70. The molecule has 34 heavy (non-hydrogen) atoms. The molecule has 0 aliphatic carbocycles. The monoisotopic (exact) mass is 472 g/mol. The molecule has 10 heteroatoms. The Kier molecular flexibility index (Phi) is 5.91. The highest BCUT2D eigenvalue weighted by Gasteiger charge is 2.42. The van der Waals surface area contributed by atoms with E-state index in [-0.39, 0.29) is 25.3 Å². The number of aromatic nitrogens is 5. The fraction of sp³-hybridized carbons (Fsp3) is 0.500. The molecule has 0 spiro atoms. The average molecular weight is 473 g/mol. The lowest BCUT2D eigenvalue weighted by molar-refractivity contribution is -0.179. The summed E-state index contributed by atoms with van der Waals surface area (Å²) < 4.78 is 42.8. The number of fused-ring (bicyclic) bond motifs is 2. The molecule has 3 aromatic rings. The molecule has 4 heterocycles. The first-order chi connectivity index (χ1) is 16.3. The van der Waals surface area contributed by atoms with Crippen molar-refractivity contribution >= 4 is 5.91 Å². The molecule has 1 aromatic carbocycles. The smallest absolute Gasteiger partial charge is 0.347 e. The van der Waals surface area contributed by atoms with Gasteiger partial charge in [0.25, 0.3) is 5.91 Å². The Balaban J connectivity index is 1.25. The van der Waals surface area contributed by atoms with E-state index < -0.39 is 12.1 Å². The van der Waals surface area contributed by atoms with Crippen LogP contribution in [-0.2, 0) is 38.9 Å². The number of rotatable bonds is 5. The van der Waals surface area contributed by atoms with E-state index in [4.69, 9.17) is 0 Å². The molecule has 0 saturated carbocycles. The highest BCUT2D eigenvalue weighted by molar-refractivity contribution is 5.94. The van der Waals surface area contributed by atoms with Gasteiger partial charge in [0.1, 0.15) is 17.3 Å². The molecular formula is C24H27F3N6O. The van der Waals surface area contributed by atoms with Crippen LogP contribution in [0.25, 0.3) is 11.4 Å². The first-order valence-electron chi connectivity index (χ1n) is 11.8. The summed E-state index contributed by atoms with van der Waals surface area (Å²) in [5, 5.41) is 7.40. The van der Waals surface area contributed by atoms with Gasteiger partial charge >= 0.3 is 6.18 Å². The minimum atomic E-state index is -4.21. The Morgan fingerprint density at radius 3 is 2.65 bits per heavy atom. The van der Waals surface area contributed by atoms with Crippen molar-refractivity contribution in [3.63, 3.8) is 0 Å². The third kappa shape index (κ3) is 4.33. The normalized spacial score (nSPS) is 17.8. The number of imidazole rings is 1. The zero-order valence-electron chi connectivity index (χ0n) is 19.0. The summed E-state index contributed by atoms with van der Waals surface area (Å²) in [4.78, 5) is 22.0. The summed E-state index contributed by atoms with van der Waals surface area (Å²) in [6.45, 7) is 3.41. The summed E-state index contributed by atoms with van der Waals surface area (Å²) in [6, 6.07) is 7.42. The highest BCUT2D eigenvalue weighted by atomic mass is 19.4. The summed E-state index contributed by atoms with van der Waals surface area (Å²) in [5.41, 5.74) is 3.15. The molecule has 0 saturated heterocycles. The quantitative estimate of drug-likeness (QED) is 0.607. The van der Waals surface area contributed by atoms with Gasteiger partial charge in [0.2, 0.25) is 0 Å². The fourth-order valence-corrected chi connectivity index (χ4v) is 4.78. The van der Waals surface area contributed by atoms with Crippen LogP contribution in [0.1, 0.15) is 59.6 Å². The van der Waals surface area contributed by atoms with Gasteiger partial charge in [-0.3, -0.25) is 4.79 Å². The lowest BCUT2D eigenvalue weighted by atomic mass is 9.98. The van der Waals surface area contributed by atoms with Crippen molar-refractivity contribution in [1.82, 2.24) is 29.6 Å². The van der Waals surface area contributed by atoms with Crippen LogP contribution in [0.5, 0.6) is 0 Å². The summed E-state index contributed by atoms with van der Waals surface area (Å²) in [7, 11) is 0. The minimum absolute atomic E-state index is 0.0259. The van der Waals surface area contributed by atoms with Crippen molar-refractivity contribution in [2.45, 2.75) is 71.3 Å². The molecule has 1 atom stereocenters. The number of carbonyl (C=O) groups excluding carboxylic acids is 1. The number of amides is 1. The third-order valence-electron chi connectivity index (χ3n) is 6.70. The van der Waals surface area contributed by atoms with Gasteiger partial charge < -0.3 is 9.88 Å². The van der Waals surface area contributed by atoms with Crippen LogP contribution in [0.2, 0.25) is 0 Å². The maximum absolute atomic E-state index is 13.1. The van der Waals surface area contributed by atoms with E-state index in [9.17, 15) is 18.0 Å². The number of hydrogen-bond donors (Lipinski definition) is 1. The number of benzene rings is 1. The SMILES string of the molecule is CCc1nc2n(c1C(=O)NCc1ccc(-c3nc4n(n3)CC[C@@H](C(F)(F)F)C4)cc1)CCCC2. The predicted octanol–water partition coefficient (Wildman–Crippen LogP) is 4.10. The second-order valence-corrected chi connectivity index (χ2v) is 8.97. The molecule has 0 fully saturated rings. The molecule has 5 rings (SSSR count). The number of nitrogens with one attached hydrogen (secondary N) is 1. The molecule has 2 aliphatic rings. The van der Waals surface area contributed by atoms with Crippen molar-refractivity contribution in [2.75, 3.05) is 0 Å². The first kappa shape index (κ1) is 22.6. The van der Waals surface area contributed by atoms with Gasteiger partial charge in [0.05, 0.1) is 11.6 Å². The largest absolute Gasteiger partial charge is 0.392 e. The summed E-state index contributed by atoms with van der Waals surface area (Å²) in [5.74, 6) is 0.305. The van der Waals surface area contributed by atoms with Crippen molar-refractivity contribution in [3.05, 3.63) is 52.9 Å². The van der Waals surface area contributed by atoms with Gasteiger partial charge in [-0.25, -0.2) is 14.6 Å². The van der Waals surface area contributed by atoms with E-state index in [1.807, 2.05) is 31.2 Å². The van der Waals surface area contributed by atoms with Crippen molar-refractivity contribution < 1.29 is 18.0 Å². The standard InChI is InChI=1S/C24H27F3N6O/c1-2-18-21(32-11-4-3-5-19(32)29-18)23(34)28-14-15-6-8-16(9-7-15)22-30-20-13-17(24(25,26)27)10-12-33(20)31-22/h6-9,17H,2-5,10-14H2,1H3,(H,28,34)/t17-/m1/s1. The lowest BCUT2D eigenvalue weighted by Crippen LogP contribution is -2.31. The number of nitrogens with zero attached hydrogens (tertiary/aromatic N) is 5. The molecule has 0 radical (unpaired) electrons. The van der Waals surface area contributed by atoms with Crippen LogP contribution in [0, 0.1) is 5.92 Å². The van der Waals surface area contributed by atoms with Crippen LogP contribution >= 0.6 is 0 Å². The zero-order chi connectivity index (χ0) is 23.9. The molecule has 2 aliphatic heterocycles. The summed E-state index contributed by atoms with van der Waals surface area (Å²) in [6.07, 6.45) is -0.553. The van der Waals surface area contributed by atoms with Crippen molar-refractivity contribution in [1.29, 1.82) is 0 Å². The second kappa shape index (κ2) is 8.88. The van der Waals surface area contributed by atoms with E-state index in [1.165, 1.54) is 0 Å². The van der Waals surface area contributed by atoms with Gasteiger partial charge in [0, 0.05) is 38.0 Å². The van der Waals surface area contributed by atoms with Crippen LogP contribution in [0.4, 0.5) is 13.2 Å². The van der Waals surface area contributed by atoms with Gasteiger partial charge in [-0.05, 0) is 31.2 Å². The number of aryl methyl sites for hydroxylation is 3. The molecule has 1 N–H and O–H groups in total.